The van der Waals surface area contributed by atoms with Crippen LogP contribution in [0.25, 0.3) is 0 Å². The van der Waals surface area contributed by atoms with Crippen LogP contribution < -0.4 is 10.2 Å². The van der Waals surface area contributed by atoms with Crippen LogP contribution in [-0.2, 0) is 13.6 Å². The summed E-state index contributed by atoms with van der Waals surface area (Å²) >= 11 is 1.81. The largest absolute Gasteiger partial charge is 0.360 e. The molecule has 1 fully saturated rings. The van der Waals surface area contributed by atoms with Gasteiger partial charge in [0.25, 0.3) is 0 Å². The van der Waals surface area contributed by atoms with Crippen molar-refractivity contribution < 1.29 is 0 Å². The topological polar surface area (TPSA) is 48.7 Å². The summed E-state index contributed by atoms with van der Waals surface area (Å²) in [4.78, 5) is 9.72. The minimum absolute atomic E-state index is 0.680. The Morgan fingerprint density at radius 1 is 1.28 bits per heavy atom. The lowest BCUT2D eigenvalue weighted by molar-refractivity contribution is 0.373. The van der Waals surface area contributed by atoms with Gasteiger partial charge in [-0.2, -0.15) is 5.10 Å². The van der Waals surface area contributed by atoms with Crippen molar-refractivity contribution in [1.82, 2.24) is 20.0 Å². The van der Waals surface area contributed by atoms with E-state index in [0.717, 1.165) is 44.4 Å². The van der Waals surface area contributed by atoms with Crippen molar-refractivity contribution in [3.05, 3.63) is 34.5 Å². The summed E-state index contributed by atoms with van der Waals surface area (Å²) < 4.78 is 1.94. The van der Waals surface area contributed by atoms with E-state index >= 15 is 0 Å². The van der Waals surface area contributed by atoms with E-state index in [-0.39, 0.29) is 0 Å². The second-order valence-electron chi connectivity index (χ2n) is 6.37. The maximum Gasteiger partial charge on any atom is 0.194 e. The average molecular weight is 361 g/mol. The van der Waals surface area contributed by atoms with E-state index < -0.39 is 0 Å². The Balaban J connectivity index is 1.67. The number of anilines is 1. The Kier molecular flexibility index (Phi) is 5.63. The van der Waals surface area contributed by atoms with Gasteiger partial charge in [-0.25, -0.2) is 4.99 Å². The highest BCUT2D eigenvalue weighted by Crippen LogP contribution is 2.22. The molecule has 3 rings (SSSR count). The van der Waals surface area contributed by atoms with Crippen LogP contribution in [0.4, 0.5) is 5.00 Å². The van der Waals surface area contributed by atoms with Crippen LogP contribution in [0.5, 0.6) is 0 Å². The third kappa shape index (κ3) is 3.98. The molecule has 2 aromatic rings. The fraction of sp³-hybridized carbons (Fsp3) is 0.556. The van der Waals surface area contributed by atoms with Gasteiger partial charge in [0, 0.05) is 51.0 Å². The molecule has 6 nitrogen and oxygen atoms in total. The number of hydrogen-bond donors (Lipinski definition) is 1. The van der Waals surface area contributed by atoms with Crippen molar-refractivity contribution in [2.45, 2.75) is 27.3 Å². The quantitative estimate of drug-likeness (QED) is 0.672. The zero-order chi connectivity index (χ0) is 17.8. The number of nitrogens with one attached hydrogen (secondary N) is 1. The molecule has 1 aliphatic heterocycles. The number of nitrogens with zero attached hydrogens (tertiary/aromatic N) is 5. The number of aliphatic imine (C=N–C) groups is 1. The minimum Gasteiger partial charge on any atom is -0.360 e. The summed E-state index contributed by atoms with van der Waals surface area (Å²) in [5, 5.41) is 11.5. The van der Waals surface area contributed by atoms with Gasteiger partial charge in [-0.15, -0.1) is 11.3 Å². The van der Waals surface area contributed by atoms with Crippen LogP contribution in [0.1, 0.15) is 23.9 Å². The van der Waals surface area contributed by atoms with E-state index in [2.05, 4.69) is 58.5 Å². The Hall–Kier alpha value is -2.02. The van der Waals surface area contributed by atoms with Crippen molar-refractivity contribution in [1.29, 1.82) is 0 Å². The van der Waals surface area contributed by atoms with Gasteiger partial charge < -0.3 is 15.1 Å². The first-order valence-corrected chi connectivity index (χ1v) is 9.79. The Morgan fingerprint density at radius 2 is 2.04 bits per heavy atom. The second-order valence-corrected chi connectivity index (χ2v) is 7.29. The average Bonchev–Trinajstić information content (AvgIpc) is 3.22. The van der Waals surface area contributed by atoms with Gasteiger partial charge in [0.1, 0.15) is 0 Å². The Morgan fingerprint density at radius 3 is 2.60 bits per heavy atom. The molecular weight excluding hydrogens is 332 g/mol. The molecule has 25 heavy (non-hydrogen) atoms. The van der Waals surface area contributed by atoms with E-state index in [0.29, 0.717) is 6.54 Å². The van der Waals surface area contributed by atoms with E-state index in [1.807, 2.05) is 23.1 Å². The van der Waals surface area contributed by atoms with Gasteiger partial charge >= 0.3 is 0 Å². The molecule has 0 aromatic carbocycles. The lowest BCUT2D eigenvalue weighted by Crippen LogP contribution is -2.52. The fourth-order valence-electron chi connectivity index (χ4n) is 3.21. The van der Waals surface area contributed by atoms with E-state index in [4.69, 9.17) is 4.99 Å². The highest BCUT2D eigenvalue weighted by molar-refractivity contribution is 7.14. The second kappa shape index (κ2) is 7.91. The monoisotopic (exact) mass is 360 g/mol. The minimum atomic E-state index is 0.680. The van der Waals surface area contributed by atoms with Crippen LogP contribution in [-0.4, -0.2) is 53.4 Å². The van der Waals surface area contributed by atoms with Crippen LogP contribution in [0.3, 0.4) is 0 Å². The molecular formula is C18H28N6S. The molecule has 2 aromatic heterocycles. The maximum atomic E-state index is 4.89. The van der Waals surface area contributed by atoms with Gasteiger partial charge in [0.15, 0.2) is 5.96 Å². The van der Waals surface area contributed by atoms with Crippen LogP contribution in [0.2, 0.25) is 0 Å². The van der Waals surface area contributed by atoms with Gasteiger partial charge in [-0.1, -0.05) is 0 Å². The maximum absolute atomic E-state index is 4.89. The van der Waals surface area contributed by atoms with Crippen LogP contribution in [0.15, 0.2) is 22.5 Å². The lowest BCUT2D eigenvalue weighted by atomic mass is 10.2. The number of hydrogen-bond acceptors (Lipinski definition) is 4. The fourth-order valence-corrected chi connectivity index (χ4v) is 4.00. The van der Waals surface area contributed by atoms with Crippen molar-refractivity contribution in [3.8, 4) is 0 Å². The highest BCUT2D eigenvalue weighted by atomic mass is 32.1. The number of thiophene rings is 1. The van der Waals surface area contributed by atoms with Crippen molar-refractivity contribution in [3.63, 3.8) is 0 Å². The summed E-state index contributed by atoms with van der Waals surface area (Å²) in [6.45, 7) is 11.9. The molecule has 3 heterocycles. The molecule has 7 heteroatoms. The van der Waals surface area contributed by atoms with Gasteiger partial charge in [0.2, 0.25) is 0 Å². The predicted molar refractivity (Wildman–Crippen MR) is 106 cm³/mol. The summed E-state index contributed by atoms with van der Waals surface area (Å²) in [6.07, 6.45) is 0. The zero-order valence-corrected chi connectivity index (χ0v) is 16.4. The van der Waals surface area contributed by atoms with E-state index in [1.54, 1.807) is 0 Å². The highest BCUT2D eigenvalue weighted by Gasteiger charge is 2.20. The van der Waals surface area contributed by atoms with Gasteiger partial charge in [-0.3, -0.25) is 4.68 Å². The summed E-state index contributed by atoms with van der Waals surface area (Å²) in [7, 11) is 1.99. The Bertz CT molecular complexity index is 710. The molecule has 0 amide bonds. The third-order valence-electron chi connectivity index (χ3n) is 4.78. The molecule has 1 saturated heterocycles. The molecule has 0 aliphatic carbocycles. The number of guanidine groups is 1. The first-order valence-electron chi connectivity index (χ1n) is 8.91. The molecule has 0 atom stereocenters. The number of rotatable bonds is 4. The SMILES string of the molecule is CCNC(=NCc1c(C)nn(C)c1C)N1CCN(c2cccs2)CC1. The molecule has 0 bridgehead atoms. The Labute approximate surface area is 154 Å². The molecule has 0 radical (unpaired) electrons. The summed E-state index contributed by atoms with van der Waals surface area (Å²) in [6, 6.07) is 4.32. The first kappa shape index (κ1) is 17.8. The van der Waals surface area contributed by atoms with Gasteiger partial charge in [-0.05, 0) is 38.3 Å². The number of aromatic nitrogens is 2. The first-order chi connectivity index (χ1) is 12.1. The summed E-state index contributed by atoms with van der Waals surface area (Å²) in [5.74, 6) is 1.01. The predicted octanol–water partition coefficient (Wildman–Crippen LogP) is 2.39. The standard InChI is InChI=1S/C18H28N6S/c1-5-19-18(20-13-16-14(2)21-22(4)15(16)3)24-10-8-23(9-11-24)17-7-6-12-25-17/h6-7,12H,5,8-11,13H2,1-4H3,(H,19,20). The third-order valence-corrected chi connectivity index (χ3v) is 5.71. The lowest BCUT2D eigenvalue weighted by Gasteiger charge is -2.37. The van der Waals surface area contributed by atoms with Crippen molar-refractivity contribution in [2.75, 3.05) is 37.6 Å². The molecule has 1 aliphatic rings. The normalized spacial score (nSPS) is 15.8. The van der Waals surface area contributed by atoms with Gasteiger partial charge in [0.05, 0.1) is 17.2 Å². The molecule has 136 valence electrons. The number of aryl methyl sites for hydroxylation is 2. The van der Waals surface area contributed by atoms with Crippen molar-refractivity contribution in [2.24, 2.45) is 12.0 Å². The van der Waals surface area contributed by atoms with E-state index in [1.165, 1.54) is 16.3 Å². The van der Waals surface area contributed by atoms with Crippen LogP contribution in [0, 0.1) is 13.8 Å². The summed E-state index contributed by atoms with van der Waals surface area (Å²) in [5.41, 5.74) is 3.50. The molecule has 0 saturated carbocycles. The number of piperazine rings is 1. The molecule has 0 spiro atoms. The van der Waals surface area contributed by atoms with Crippen LogP contribution >= 0.6 is 11.3 Å². The molecule has 1 N–H and O–H groups in total. The zero-order valence-electron chi connectivity index (χ0n) is 15.6. The smallest absolute Gasteiger partial charge is 0.194 e. The van der Waals surface area contributed by atoms with Crippen molar-refractivity contribution >= 4 is 22.3 Å². The van der Waals surface area contributed by atoms with E-state index in [9.17, 15) is 0 Å². The molecule has 0 unspecified atom stereocenters.